The molecule has 1 aromatic heterocycles. The zero-order valence-corrected chi connectivity index (χ0v) is 27.0. The van der Waals surface area contributed by atoms with E-state index in [1.165, 1.54) is 27.8 Å². The topological polar surface area (TPSA) is 47.9 Å². The lowest BCUT2D eigenvalue weighted by Gasteiger charge is -2.39. The largest absolute Gasteiger partial charge is 0.457 e. The number of hydrogen-bond acceptors (Lipinski definition) is 4. The molecule has 10 rings (SSSR count). The van der Waals surface area contributed by atoms with Crippen molar-refractivity contribution in [3.05, 3.63) is 198 Å². The van der Waals surface area contributed by atoms with Gasteiger partial charge in [0.1, 0.15) is 11.5 Å². The van der Waals surface area contributed by atoms with Crippen LogP contribution in [0.25, 0.3) is 56.4 Å². The molecule has 2 aliphatic rings. The van der Waals surface area contributed by atoms with E-state index in [9.17, 15) is 0 Å². The molecule has 0 fully saturated rings. The minimum Gasteiger partial charge on any atom is -0.457 e. The molecule has 7 aromatic carbocycles. The van der Waals surface area contributed by atoms with Gasteiger partial charge in [-0.05, 0) is 51.6 Å². The number of aromatic nitrogens is 3. The van der Waals surface area contributed by atoms with Crippen LogP contribution in [0.15, 0.2) is 176 Å². The molecule has 8 aromatic rings. The maximum absolute atomic E-state index is 6.50. The van der Waals surface area contributed by atoms with Crippen LogP contribution in [0.1, 0.15) is 22.3 Å². The molecule has 1 spiro atoms. The zero-order valence-electron chi connectivity index (χ0n) is 27.0. The van der Waals surface area contributed by atoms with Gasteiger partial charge in [0.25, 0.3) is 0 Å². The summed E-state index contributed by atoms with van der Waals surface area (Å²) in [6.45, 7) is 0. The smallest absolute Gasteiger partial charge is 0.164 e. The minimum absolute atomic E-state index is 0.518. The number of ether oxygens (including phenoxy) is 1. The Balaban J connectivity index is 1.16. The first-order valence-electron chi connectivity index (χ1n) is 16.9. The average Bonchev–Trinajstić information content (AvgIpc) is 3.48. The molecular formula is C46H29N3O. The van der Waals surface area contributed by atoms with Gasteiger partial charge in [-0.1, -0.05) is 158 Å². The summed E-state index contributed by atoms with van der Waals surface area (Å²) in [5.41, 5.74) is 11.7. The molecule has 234 valence electrons. The predicted octanol–water partition coefficient (Wildman–Crippen LogP) is 11.0. The molecule has 0 saturated carbocycles. The third-order valence-electron chi connectivity index (χ3n) is 10.0. The molecule has 0 unspecified atom stereocenters. The lowest BCUT2D eigenvalue weighted by atomic mass is 9.66. The predicted molar refractivity (Wildman–Crippen MR) is 199 cm³/mol. The van der Waals surface area contributed by atoms with Crippen LogP contribution in [0, 0.1) is 0 Å². The van der Waals surface area contributed by atoms with Crippen LogP contribution in [0.5, 0.6) is 11.5 Å². The Bertz CT molecular complexity index is 2520. The number of para-hydroxylation sites is 2. The second kappa shape index (κ2) is 11.2. The molecule has 2 heterocycles. The maximum atomic E-state index is 6.50. The van der Waals surface area contributed by atoms with E-state index in [1.807, 2.05) is 48.5 Å². The lowest BCUT2D eigenvalue weighted by Crippen LogP contribution is -2.32. The summed E-state index contributed by atoms with van der Waals surface area (Å²) in [6.07, 6.45) is 0. The second-order valence-corrected chi connectivity index (χ2v) is 12.8. The minimum atomic E-state index is -0.518. The summed E-state index contributed by atoms with van der Waals surface area (Å²) >= 11 is 0. The van der Waals surface area contributed by atoms with Crippen molar-refractivity contribution in [1.82, 2.24) is 15.0 Å². The van der Waals surface area contributed by atoms with E-state index in [0.29, 0.717) is 17.5 Å². The van der Waals surface area contributed by atoms with Crippen LogP contribution in [0.2, 0.25) is 0 Å². The highest BCUT2D eigenvalue weighted by Crippen LogP contribution is 2.62. The third kappa shape index (κ3) is 4.28. The van der Waals surface area contributed by atoms with Crippen LogP contribution >= 0.6 is 0 Å². The van der Waals surface area contributed by atoms with Crippen molar-refractivity contribution in [2.45, 2.75) is 5.41 Å². The van der Waals surface area contributed by atoms with Crippen molar-refractivity contribution >= 4 is 0 Å². The van der Waals surface area contributed by atoms with Gasteiger partial charge in [-0.2, -0.15) is 0 Å². The molecule has 0 saturated heterocycles. The molecule has 0 amide bonds. The van der Waals surface area contributed by atoms with E-state index < -0.39 is 5.41 Å². The summed E-state index contributed by atoms with van der Waals surface area (Å²) in [6, 6.07) is 61.3. The number of fused-ring (bicyclic) bond motifs is 9. The monoisotopic (exact) mass is 639 g/mol. The zero-order chi connectivity index (χ0) is 33.1. The van der Waals surface area contributed by atoms with Gasteiger partial charge in [-0.15, -0.1) is 0 Å². The summed E-state index contributed by atoms with van der Waals surface area (Å²) in [5.74, 6) is 3.67. The Morgan fingerprint density at radius 3 is 1.38 bits per heavy atom. The van der Waals surface area contributed by atoms with E-state index in [2.05, 4.69) is 127 Å². The van der Waals surface area contributed by atoms with Crippen molar-refractivity contribution in [3.63, 3.8) is 0 Å². The molecule has 4 heteroatoms. The van der Waals surface area contributed by atoms with Gasteiger partial charge in [0.2, 0.25) is 0 Å². The maximum Gasteiger partial charge on any atom is 0.164 e. The van der Waals surface area contributed by atoms with E-state index in [1.54, 1.807) is 0 Å². The summed E-state index contributed by atoms with van der Waals surface area (Å²) in [7, 11) is 0. The summed E-state index contributed by atoms with van der Waals surface area (Å²) < 4.78 is 6.50. The standard InChI is InChI=1S/C46H29N3O/c1-3-13-30(14-4-1)31-23-25-33(26-24-31)44-47-43(32-15-5-2-6-16-32)48-45(49-44)34-27-28-38-36(29-34)35-17-7-8-18-37(35)46(38)39-19-9-11-21-41(39)50-42-22-12-10-20-40(42)46/h1-29H. The highest BCUT2D eigenvalue weighted by Gasteiger charge is 2.50. The van der Waals surface area contributed by atoms with E-state index in [0.717, 1.165) is 44.9 Å². The molecular weight excluding hydrogens is 611 g/mol. The van der Waals surface area contributed by atoms with E-state index in [-0.39, 0.29) is 0 Å². The van der Waals surface area contributed by atoms with Crippen molar-refractivity contribution in [2.24, 2.45) is 0 Å². The third-order valence-corrected chi connectivity index (χ3v) is 10.0. The SMILES string of the molecule is c1ccc(-c2ccc(-c3nc(-c4ccccc4)nc(-c4ccc5c(c4)-c4ccccc4C54c5ccccc5Oc5ccccc54)n3)cc2)cc1. The van der Waals surface area contributed by atoms with Crippen molar-refractivity contribution in [1.29, 1.82) is 0 Å². The van der Waals surface area contributed by atoms with Gasteiger partial charge >= 0.3 is 0 Å². The Hall–Kier alpha value is -6.65. The van der Waals surface area contributed by atoms with Crippen molar-refractivity contribution < 1.29 is 4.74 Å². The van der Waals surface area contributed by atoms with E-state index in [4.69, 9.17) is 19.7 Å². The highest BCUT2D eigenvalue weighted by atomic mass is 16.5. The highest BCUT2D eigenvalue weighted by molar-refractivity contribution is 5.90. The first-order valence-corrected chi connectivity index (χ1v) is 16.9. The fourth-order valence-corrected chi connectivity index (χ4v) is 7.79. The van der Waals surface area contributed by atoms with Gasteiger partial charge in [0.15, 0.2) is 17.5 Å². The van der Waals surface area contributed by atoms with Crippen LogP contribution < -0.4 is 4.74 Å². The van der Waals surface area contributed by atoms with Crippen LogP contribution in [0.4, 0.5) is 0 Å². The van der Waals surface area contributed by atoms with Crippen molar-refractivity contribution in [2.75, 3.05) is 0 Å². The van der Waals surface area contributed by atoms with Gasteiger partial charge in [0, 0.05) is 27.8 Å². The Kier molecular flexibility index (Phi) is 6.36. The second-order valence-electron chi connectivity index (χ2n) is 12.8. The fraction of sp³-hybridized carbons (Fsp3) is 0.0217. The molecule has 0 bridgehead atoms. The number of nitrogens with zero attached hydrogens (tertiary/aromatic N) is 3. The number of hydrogen-bond donors (Lipinski definition) is 0. The number of rotatable bonds is 4. The quantitative estimate of drug-likeness (QED) is 0.192. The van der Waals surface area contributed by atoms with Crippen LogP contribution in [0.3, 0.4) is 0 Å². The molecule has 0 radical (unpaired) electrons. The molecule has 1 aliphatic carbocycles. The molecule has 1 aliphatic heterocycles. The first kappa shape index (κ1) is 28.4. The summed E-state index contributed by atoms with van der Waals surface area (Å²) in [5, 5.41) is 0. The molecule has 0 atom stereocenters. The van der Waals surface area contributed by atoms with E-state index >= 15 is 0 Å². The molecule has 4 nitrogen and oxygen atoms in total. The Morgan fingerprint density at radius 2 is 0.740 bits per heavy atom. The summed E-state index contributed by atoms with van der Waals surface area (Å²) in [4.78, 5) is 15.2. The molecule has 50 heavy (non-hydrogen) atoms. The Morgan fingerprint density at radius 1 is 0.320 bits per heavy atom. The fourth-order valence-electron chi connectivity index (χ4n) is 7.79. The van der Waals surface area contributed by atoms with Crippen molar-refractivity contribution in [3.8, 4) is 67.9 Å². The van der Waals surface area contributed by atoms with Crippen LogP contribution in [-0.2, 0) is 5.41 Å². The average molecular weight is 640 g/mol. The van der Waals surface area contributed by atoms with Gasteiger partial charge in [-0.25, -0.2) is 15.0 Å². The normalized spacial score (nSPS) is 13.1. The van der Waals surface area contributed by atoms with Gasteiger partial charge < -0.3 is 4.74 Å². The van der Waals surface area contributed by atoms with Crippen LogP contribution in [-0.4, -0.2) is 15.0 Å². The van der Waals surface area contributed by atoms with Gasteiger partial charge in [0.05, 0.1) is 5.41 Å². The lowest BCUT2D eigenvalue weighted by molar-refractivity contribution is 0.436. The van der Waals surface area contributed by atoms with Gasteiger partial charge in [-0.3, -0.25) is 0 Å². The Labute approximate surface area is 290 Å². The molecule has 0 N–H and O–H groups in total. The number of benzene rings is 7. The first-order chi connectivity index (χ1) is 24.8.